The lowest BCUT2D eigenvalue weighted by atomic mass is 9.91. The smallest absolute Gasteiger partial charge is 0.226 e. The number of sulfone groups is 1. The minimum Gasteiger partial charge on any atom is -0.342 e. The van der Waals surface area contributed by atoms with E-state index in [4.69, 9.17) is 0 Å². The van der Waals surface area contributed by atoms with E-state index in [2.05, 4.69) is 15.0 Å². The molecule has 2 saturated heterocycles. The molecule has 2 aromatic heterocycles. The van der Waals surface area contributed by atoms with Gasteiger partial charge in [-0.1, -0.05) is 0 Å². The Labute approximate surface area is 152 Å². The van der Waals surface area contributed by atoms with E-state index in [0.717, 1.165) is 23.9 Å². The zero-order chi connectivity index (χ0) is 18.3. The summed E-state index contributed by atoms with van der Waals surface area (Å²) in [5.74, 6) is 0.512. The molecule has 26 heavy (non-hydrogen) atoms. The Morgan fingerprint density at radius 3 is 2.88 bits per heavy atom. The Bertz CT molecular complexity index is 960. The van der Waals surface area contributed by atoms with Gasteiger partial charge in [-0.05, 0) is 38.3 Å². The molecule has 4 heterocycles. The number of nitrogens with zero attached hydrogens (tertiary/aromatic N) is 4. The monoisotopic (exact) mass is 374 g/mol. The van der Waals surface area contributed by atoms with Crippen LogP contribution in [-0.2, 0) is 14.6 Å². The lowest BCUT2D eigenvalue weighted by Gasteiger charge is -2.34. The van der Waals surface area contributed by atoms with Crippen molar-refractivity contribution in [3.8, 4) is 0 Å². The number of carbonyl (C=O) groups is 1. The third-order valence-electron chi connectivity index (χ3n) is 5.31. The summed E-state index contributed by atoms with van der Waals surface area (Å²) < 4.78 is 23.4. The first-order valence-electron chi connectivity index (χ1n) is 9.01. The van der Waals surface area contributed by atoms with Crippen LogP contribution in [0.2, 0.25) is 0 Å². The lowest BCUT2D eigenvalue weighted by Crippen LogP contribution is -2.43. The van der Waals surface area contributed by atoms with Gasteiger partial charge in [0.2, 0.25) is 5.91 Å². The summed E-state index contributed by atoms with van der Waals surface area (Å²) in [4.78, 5) is 28.0. The summed E-state index contributed by atoms with van der Waals surface area (Å²) in [5, 5.41) is 0.931. The molecule has 2 aliphatic heterocycles. The van der Waals surface area contributed by atoms with Crippen molar-refractivity contribution in [2.75, 3.05) is 24.6 Å². The maximum atomic E-state index is 12.8. The van der Waals surface area contributed by atoms with Crippen LogP contribution in [0.15, 0.2) is 18.3 Å². The number of aromatic nitrogens is 3. The fraction of sp³-hybridized carbons (Fsp3) is 0.556. The SMILES string of the molecule is Cc1nc([C@@H]2CCCN(C(=O)[C@H]3CCS(=O)(=O)C3)C2)c2cccnc2n1. The zero-order valence-corrected chi connectivity index (χ0v) is 15.6. The van der Waals surface area contributed by atoms with Crippen LogP contribution in [0, 0.1) is 12.8 Å². The second-order valence-corrected chi connectivity index (χ2v) is 9.48. The largest absolute Gasteiger partial charge is 0.342 e. The Morgan fingerprint density at radius 2 is 2.12 bits per heavy atom. The third kappa shape index (κ3) is 3.30. The predicted octanol–water partition coefficient (Wildman–Crippen LogP) is 1.47. The minimum absolute atomic E-state index is 0.00747. The molecular formula is C18H22N4O3S. The maximum Gasteiger partial charge on any atom is 0.226 e. The Balaban J connectivity index is 1.59. The third-order valence-corrected chi connectivity index (χ3v) is 7.08. The number of amides is 1. The standard InChI is InChI=1S/C18H22N4O3S/c1-12-20-16(15-5-2-7-19-17(15)21-12)13-4-3-8-22(10-13)18(23)14-6-9-26(24,25)11-14/h2,5,7,13-14H,3-4,6,8-11H2,1H3/t13-,14+/m1/s1. The molecule has 0 N–H and O–H groups in total. The Hall–Kier alpha value is -2.09. The van der Waals surface area contributed by atoms with Crippen LogP contribution in [0.4, 0.5) is 0 Å². The number of rotatable bonds is 2. The van der Waals surface area contributed by atoms with Crippen LogP contribution in [-0.4, -0.2) is 58.8 Å². The molecule has 2 aromatic rings. The van der Waals surface area contributed by atoms with Crippen LogP contribution < -0.4 is 0 Å². The van der Waals surface area contributed by atoms with Crippen molar-refractivity contribution in [1.82, 2.24) is 19.9 Å². The normalized spacial score (nSPS) is 25.5. The molecule has 0 aromatic carbocycles. The van der Waals surface area contributed by atoms with E-state index in [9.17, 15) is 13.2 Å². The van der Waals surface area contributed by atoms with E-state index >= 15 is 0 Å². The van der Waals surface area contributed by atoms with Gasteiger partial charge in [-0.15, -0.1) is 0 Å². The van der Waals surface area contributed by atoms with Gasteiger partial charge < -0.3 is 4.90 Å². The van der Waals surface area contributed by atoms with Crippen LogP contribution in [0.3, 0.4) is 0 Å². The number of hydrogen-bond acceptors (Lipinski definition) is 6. The van der Waals surface area contributed by atoms with Gasteiger partial charge in [0.15, 0.2) is 15.5 Å². The van der Waals surface area contributed by atoms with Gasteiger partial charge >= 0.3 is 0 Å². The number of carbonyl (C=O) groups excluding carboxylic acids is 1. The van der Waals surface area contributed by atoms with Crippen molar-refractivity contribution in [3.05, 3.63) is 29.8 Å². The van der Waals surface area contributed by atoms with Gasteiger partial charge in [-0.2, -0.15) is 0 Å². The molecular weight excluding hydrogens is 352 g/mol. The second kappa shape index (κ2) is 6.57. The molecule has 0 bridgehead atoms. The first-order chi connectivity index (χ1) is 12.4. The van der Waals surface area contributed by atoms with Gasteiger partial charge in [-0.3, -0.25) is 4.79 Å². The van der Waals surface area contributed by atoms with Crippen LogP contribution >= 0.6 is 0 Å². The highest BCUT2D eigenvalue weighted by molar-refractivity contribution is 7.91. The minimum atomic E-state index is -3.06. The average Bonchev–Trinajstić information content (AvgIpc) is 3.00. The summed E-state index contributed by atoms with van der Waals surface area (Å²) in [6, 6.07) is 3.85. The molecule has 0 saturated carbocycles. The van der Waals surface area contributed by atoms with E-state index in [1.807, 2.05) is 24.0 Å². The average molecular weight is 374 g/mol. The molecule has 0 spiro atoms. The number of piperidine rings is 1. The highest BCUT2D eigenvalue weighted by Gasteiger charge is 2.37. The van der Waals surface area contributed by atoms with Crippen molar-refractivity contribution in [2.24, 2.45) is 5.92 Å². The second-order valence-electron chi connectivity index (χ2n) is 7.25. The van der Waals surface area contributed by atoms with Gasteiger partial charge in [0, 0.05) is 30.6 Å². The fourth-order valence-electron chi connectivity index (χ4n) is 4.06. The number of pyridine rings is 1. The van der Waals surface area contributed by atoms with Crippen molar-refractivity contribution in [3.63, 3.8) is 0 Å². The van der Waals surface area contributed by atoms with E-state index < -0.39 is 9.84 Å². The zero-order valence-electron chi connectivity index (χ0n) is 14.8. The molecule has 0 aliphatic carbocycles. The van der Waals surface area contributed by atoms with Crippen molar-refractivity contribution in [1.29, 1.82) is 0 Å². The molecule has 8 heteroatoms. The summed E-state index contributed by atoms with van der Waals surface area (Å²) in [7, 11) is -3.06. The highest BCUT2D eigenvalue weighted by atomic mass is 32.2. The number of hydrogen-bond donors (Lipinski definition) is 0. The van der Waals surface area contributed by atoms with Gasteiger partial charge in [0.05, 0.1) is 23.1 Å². The molecule has 0 radical (unpaired) electrons. The number of aryl methyl sites for hydroxylation is 1. The van der Waals surface area contributed by atoms with Crippen molar-refractivity contribution in [2.45, 2.75) is 32.1 Å². The lowest BCUT2D eigenvalue weighted by molar-refractivity contribution is -0.136. The first kappa shape index (κ1) is 17.3. The molecule has 2 aliphatic rings. The summed E-state index contributed by atoms with van der Waals surface area (Å²) >= 11 is 0. The van der Waals surface area contributed by atoms with E-state index in [-0.39, 0.29) is 29.2 Å². The summed E-state index contributed by atoms with van der Waals surface area (Å²) in [5.41, 5.74) is 1.62. The molecule has 1 amide bonds. The predicted molar refractivity (Wildman–Crippen MR) is 97.4 cm³/mol. The van der Waals surface area contributed by atoms with Gasteiger partial charge in [0.25, 0.3) is 0 Å². The maximum absolute atomic E-state index is 12.8. The molecule has 7 nitrogen and oxygen atoms in total. The van der Waals surface area contributed by atoms with Crippen LogP contribution in [0.5, 0.6) is 0 Å². The van der Waals surface area contributed by atoms with Crippen LogP contribution in [0.1, 0.15) is 36.7 Å². The molecule has 2 fully saturated rings. The highest BCUT2D eigenvalue weighted by Crippen LogP contribution is 2.31. The van der Waals surface area contributed by atoms with Gasteiger partial charge in [-0.25, -0.2) is 23.4 Å². The molecule has 138 valence electrons. The summed E-state index contributed by atoms with van der Waals surface area (Å²) in [6.45, 7) is 3.12. The Morgan fingerprint density at radius 1 is 1.27 bits per heavy atom. The first-order valence-corrected chi connectivity index (χ1v) is 10.8. The molecule has 4 rings (SSSR count). The topological polar surface area (TPSA) is 93.1 Å². The Kier molecular flexibility index (Phi) is 4.38. The number of likely N-dealkylation sites (tertiary alicyclic amines) is 1. The van der Waals surface area contributed by atoms with Crippen LogP contribution in [0.25, 0.3) is 11.0 Å². The fourth-order valence-corrected chi connectivity index (χ4v) is 5.79. The summed E-state index contributed by atoms with van der Waals surface area (Å²) in [6.07, 6.45) is 4.01. The molecule has 2 atom stereocenters. The number of fused-ring (bicyclic) bond motifs is 1. The van der Waals surface area contributed by atoms with E-state index in [1.54, 1.807) is 6.20 Å². The van der Waals surface area contributed by atoms with Crippen molar-refractivity contribution < 1.29 is 13.2 Å². The molecule has 0 unspecified atom stereocenters. The van der Waals surface area contributed by atoms with Gasteiger partial charge in [0.1, 0.15) is 5.82 Å². The van der Waals surface area contributed by atoms with E-state index in [0.29, 0.717) is 31.0 Å². The van der Waals surface area contributed by atoms with Crippen molar-refractivity contribution >= 4 is 26.8 Å². The van der Waals surface area contributed by atoms with E-state index in [1.165, 1.54) is 0 Å². The quantitative estimate of drug-likeness (QED) is 0.790.